The van der Waals surface area contributed by atoms with Crippen molar-refractivity contribution >= 4 is 16.9 Å². The minimum Gasteiger partial charge on any atom is -0.268 e. The van der Waals surface area contributed by atoms with Crippen LogP contribution in [0.25, 0.3) is 38.5 Å². The molecule has 35 heavy (non-hydrogen) atoms. The Hall–Kier alpha value is -4.36. The first-order chi connectivity index (χ1) is 17.2. The third-order valence-corrected chi connectivity index (χ3v) is 7.06. The average molecular weight is 476 g/mol. The van der Waals surface area contributed by atoms with Crippen LogP contribution in [-0.4, -0.2) is 24.4 Å². The summed E-state index contributed by atoms with van der Waals surface area (Å²) in [5.74, 6) is 0. The molecule has 0 bridgehead atoms. The molecule has 0 saturated heterocycles. The predicted octanol–water partition coefficient (Wildman–Crippen LogP) is 5.71. The number of fused-ring (bicyclic) bond motifs is 1. The minimum absolute atomic E-state index is 0.166. The van der Waals surface area contributed by atoms with Gasteiger partial charge in [0.1, 0.15) is 10.7 Å². The van der Waals surface area contributed by atoms with Crippen molar-refractivity contribution in [3.8, 4) is 33.0 Å². The van der Waals surface area contributed by atoms with E-state index in [4.69, 9.17) is 15.2 Å². The van der Waals surface area contributed by atoms with Crippen LogP contribution in [0.4, 0.5) is 0 Å². The zero-order valence-corrected chi connectivity index (χ0v) is 19.8. The highest BCUT2D eigenvalue weighted by atomic mass is 32.1. The molecule has 0 aliphatic carbocycles. The Labute approximate surface area is 205 Å². The van der Waals surface area contributed by atoms with E-state index in [9.17, 15) is 4.79 Å². The first-order valence-electron chi connectivity index (χ1n) is 11.3. The first kappa shape index (κ1) is 21.2. The Morgan fingerprint density at radius 3 is 2.29 bits per heavy atom. The van der Waals surface area contributed by atoms with Gasteiger partial charge in [-0.2, -0.15) is 10.2 Å². The van der Waals surface area contributed by atoms with Crippen molar-refractivity contribution in [3.05, 3.63) is 118 Å². The third-order valence-electron chi connectivity index (χ3n) is 5.87. The summed E-state index contributed by atoms with van der Waals surface area (Å²) in [5.41, 5.74) is 6.25. The lowest BCUT2D eigenvalue weighted by atomic mass is 10.0. The SMILES string of the molecule is Cc1nc(Cn2nc(-c3c(-c4ccccc4)nn4ccccc34)ccc2=O)sc1-c1ccccc1. The number of aromatic nitrogens is 5. The Balaban J connectivity index is 1.44. The molecule has 0 aliphatic heterocycles. The predicted molar refractivity (Wildman–Crippen MR) is 140 cm³/mol. The van der Waals surface area contributed by atoms with Gasteiger partial charge in [-0.05, 0) is 30.7 Å². The van der Waals surface area contributed by atoms with Crippen molar-refractivity contribution < 1.29 is 0 Å². The molecule has 2 aromatic carbocycles. The monoisotopic (exact) mass is 475 g/mol. The first-order valence-corrected chi connectivity index (χ1v) is 12.1. The van der Waals surface area contributed by atoms with Crippen molar-refractivity contribution in [3.63, 3.8) is 0 Å². The molecule has 0 amide bonds. The summed E-state index contributed by atoms with van der Waals surface area (Å²) in [4.78, 5) is 18.6. The second-order valence-electron chi connectivity index (χ2n) is 8.22. The fourth-order valence-electron chi connectivity index (χ4n) is 4.25. The average Bonchev–Trinajstić information content (AvgIpc) is 3.47. The number of pyridine rings is 1. The summed E-state index contributed by atoms with van der Waals surface area (Å²) in [7, 11) is 0. The molecule has 6 nitrogen and oxygen atoms in total. The maximum atomic E-state index is 12.8. The smallest absolute Gasteiger partial charge is 0.267 e. The maximum absolute atomic E-state index is 12.8. The van der Waals surface area contributed by atoms with Crippen LogP contribution < -0.4 is 5.56 Å². The summed E-state index contributed by atoms with van der Waals surface area (Å²) < 4.78 is 3.34. The molecule has 0 saturated carbocycles. The molecular weight excluding hydrogens is 454 g/mol. The lowest BCUT2D eigenvalue weighted by Gasteiger charge is -2.07. The lowest BCUT2D eigenvalue weighted by molar-refractivity contribution is 0.639. The molecule has 4 aromatic heterocycles. The summed E-state index contributed by atoms with van der Waals surface area (Å²) in [6.45, 7) is 2.31. The molecule has 0 spiro atoms. The molecule has 0 N–H and O–H groups in total. The van der Waals surface area contributed by atoms with Gasteiger partial charge in [0, 0.05) is 17.8 Å². The fourth-order valence-corrected chi connectivity index (χ4v) is 5.30. The Bertz CT molecular complexity index is 1700. The third kappa shape index (κ3) is 3.96. The highest BCUT2D eigenvalue weighted by Crippen LogP contribution is 2.34. The number of nitrogens with zero attached hydrogens (tertiary/aromatic N) is 5. The zero-order chi connectivity index (χ0) is 23.8. The van der Waals surface area contributed by atoms with Crippen molar-refractivity contribution in [2.75, 3.05) is 0 Å². The van der Waals surface area contributed by atoms with Gasteiger partial charge in [0.15, 0.2) is 0 Å². The molecule has 7 heteroatoms. The van der Waals surface area contributed by atoms with Crippen molar-refractivity contribution in [1.82, 2.24) is 24.4 Å². The van der Waals surface area contributed by atoms with Gasteiger partial charge < -0.3 is 0 Å². The van der Waals surface area contributed by atoms with E-state index in [1.165, 1.54) is 4.68 Å². The largest absolute Gasteiger partial charge is 0.268 e. The number of hydrogen-bond donors (Lipinski definition) is 0. The second kappa shape index (κ2) is 8.77. The summed E-state index contributed by atoms with van der Waals surface area (Å²) in [5, 5.41) is 10.4. The minimum atomic E-state index is -0.166. The van der Waals surface area contributed by atoms with Gasteiger partial charge >= 0.3 is 0 Å². The summed E-state index contributed by atoms with van der Waals surface area (Å²) in [6.07, 6.45) is 1.92. The van der Waals surface area contributed by atoms with E-state index < -0.39 is 0 Å². The van der Waals surface area contributed by atoms with Crippen LogP contribution in [0.15, 0.2) is 102 Å². The maximum Gasteiger partial charge on any atom is 0.267 e. The molecule has 170 valence electrons. The number of hydrogen-bond acceptors (Lipinski definition) is 5. The van der Waals surface area contributed by atoms with E-state index in [-0.39, 0.29) is 5.56 Å². The van der Waals surface area contributed by atoms with Crippen molar-refractivity contribution in [1.29, 1.82) is 0 Å². The van der Waals surface area contributed by atoms with Crippen LogP contribution in [0.3, 0.4) is 0 Å². The number of thiazole rings is 1. The van der Waals surface area contributed by atoms with Crippen molar-refractivity contribution in [2.45, 2.75) is 13.5 Å². The van der Waals surface area contributed by atoms with Crippen LogP contribution in [0.5, 0.6) is 0 Å². The molecule has 0 atom stereocenters. The molecule has 0 fully saturated rings. The Morgan fingerprint density at radius 2 is 1.51 bits per heavy atom. The Morgan fingerprint density at radius 1 is 0.800 bits per heavy atom. The van der Waals surface area contributed by atoms with Crippen LogP contribution >= 0.6 is 11.3 Å². The van der Waals surface area contributed by atoms with Crippen LogP contribution in [0, 0.1) is 6.92 Å². The molecule has 6 rings (SSSR count). The van der Waals surface area contributed by atoms with E-state index in [0.29, 0.717) is 12.2 Å². The quantitative estimate of drug-likeness (QED) is 0.321. The number of benzene rings is 2. The molecule has 0 radical (unpaired) electrons. The highest BCUT2D eigenvalue weighted by Gasteiger charge is 2.19. The van der Waals surface area contributed by atoms with Gasteiger partial charge in [0.25, 0.3) is 5.56 Å². The Kier molecular flexibility index (Phi) is 5.31. The number of aryl methyl sites for hydroxylation is 1. The normalized spacial score (nSPS) is 11.2. The standard InChI is InChI=1S/C28H21N5OS/c1-19-28(21-12-6-3-7-13-21)35-24(29-19)18-33-25(34)16-15-22(30-33)26-23-14-8-9-17-32(23)31-27(26)20-10-4-2-5-11-20/h2-17H,18H2,1H3. The van der Waals surface area contributed by atoms with Gasteiger partial charge in [-0.15, -0.1) is 11.3 Å². The van der Waals surface area contributed by atoms with Crippen LogP contribution in [-0.2, 0) is 6.54 Å². The molecular formula is C28H21N5OS. The van der Waals surface area contributed by atoms with Crippen molar-refractivity contribution in [2.24, 2.45) is 0 Å². The molecule has 4 heterocycles. The van der Waals surface area contributed by atoms with E-state index >= 15 is 0 Å². The summed E-state index contributed by atoms with van der Waals surface area (Å²) in [6, 6.07) is 29.5. The topological polar surface area (TPSA) is 65.1 Å². The van der Waals surface area contributed by atoms with Gasteiger partial charge in [-0.25, -0.2) is 14.2 Å². The lowest BCUT2D eigenvalue weighted by Crippen LogP contribution is -2.22. The van der Waals surface area contributed by atoms with Crippen LogP contribution in [0.2, 0.25) is 0 Å². The highest BCUT2D eigenvalue weighted by molar-refractivity contribution is 7.15. The van der Waals surface area contributed by atoms with E-state index in [2.05, 4.69) is 12.1 Å². The summed E-state index contributed by atoms with van der Waals surface area (Å²) >= 11 is 1.59. The van der Waals surface area contributed by atoms with Crippen LogP contribution in [0.1, 0.15) is 10.7 Å². The number of rotatable bonds is 5. The van der Waals surface area contributed by atoms with E-state index in [1.807, 2.05) is 84.4 Å². The zero-order valence-electron chi connectivity index (χ0n) is 19.0. The molecule has 6 aromatic rings. The van der Waals surface area contributed by atoms with Gasteiger partial charge in [-0.1, -0.05) is 66.7 Å². The molecule has 0 unspecified atom stereocenters. The van der Waals surface area contributed by atoms with Gasteiger partial charge in [0.05, 0.1) is 33.9 Å². The molecule has 0 aliphatic rings. The van der Waals surface area contributed by atoms with E-state index in [1.54, 1.807) is 23.5 Å². The van der Waals surface area contributed by atoms with Gasteiger partial charge in [0.2, 0.25) is 0 Å². The van der Waals surface area contributed by atoms with Gasteiger partial charge in [-0.3, -0.25) is 4.79 Å². The fraction of sp³-hybridized carbons (Fsp3) is 0.0714. The second-order valence-corrected chi connectivity index (χ2v) is 9.31. The van der Waals surface area contributed by atoms with E-state index in [0.717, 1.165) is 43.5 Å².